The van der Waals surface area contributed by atoms with Crippen molar-refractivity contribution in [3.8, 4) is 11.8 Å². The molecule has 3 heteroatoms. The van der Waals surface area contributed by atoms with Crippen molar-refractivity contribution in [3.05, 3.63) is 33.8 Å². The quantitative estimate of drug-likeness (QED) is 0.577. The molecule has 0 fully saturated rings. The molecule has 0 aliphatic heterocycles. The van der Waals surface area contributed by atoms with E-state index in [2.05, 4.69) is 11.8 Å². The maximum absolute atomic E-state index is 11.7. The molecule has 1 aromatic carbocycles. The molecule has 0 bridgehead atoms. The van der Waals surface area contributed by atoms with E-state index in [0.717, 1.165) is 0 Å². The van der Waals surface area contributed by atoms with Crippen molar-refractivity contribution in [2.45, 2.75) is 19.8 Å². The van der Waals surface area contributed by atoms with Gasteiger partial charge in [-0.3, -0.25) is 4.79 Å². The summed E-state index contributed by atoms with van der Waals surface area (Å²) in [5.41, 5.74) is 0.402. The van der Waals surface area contributed by atoms with Crippen LogP contribution in [0.4, 0.5) is 0 Å². The first-order valence-electron chi connectivity index (χ1n) is 4.53. The molecule has 0 aliphatic carbocycles. The standard InChI is InChI=1S/C12H10Cl2O/c1-2-3-4-8-11(15)12-9(13)6-5-7-10(12)14/h5-7H,4,8H2,1H3. The molecule has 0 saturated carbocycles. The lowest BCUT2D eigenvalue weighted by molar-refractivity contribution is 0.0984. The molecule has 0 unspecified atom stereocenters. The highest BCUT2D eigenvalue weighted by Gasteiger charge is 2.13. The Morgan fingerprint density at radius 1 is 1.33 bits per heavy atom. The van der Waals surface area contributed by atoms with E-state index in [0.29, 0.717) is 28.5 Å². The highest BCUT2D eigenvalue weighted by Crippen LogP contribution is 2.25. The Kier molecular flexibility index (Phi) is 4.68. The number of hydrogen-bond acceptors (Lipinski definition) is 1. The van der Waals surface area contributed by atoms with Crippen molar-refractivity contribution in [2.75, 3.05) is 0 Å². The number of ketones is 1. The summed E-state index contributed by atoms with van der Waals surface area (Å²) in [6.45, 7) is 1.74. The van der Waals surface area contributed by atoms with Gasteiger partial charge in [0.1, 0.15) is 0 Å². The second-order valence-corrected chi connectivity index (χ2v) is 3.76. The van der Waals surface area contributed by atoms with Crippen LogP contribution in [-0.2, 0) is 0 Å². The van der Waals surface area contributed by atoms with Crippen LogP contribution in [0.3, 0.4) is 0 Å². The summed E-state index contributed by atoms with van der Waals surface area (Å²) in [5, 5.41) is 0.800. The molecule has 0 N–H and O–H groups in total. The average molecular weight is 241 g/mol. The van der Waals surface area contributed by atoms with Gasteiger partial charge in [0.05, 0.1) is 15.6 Å². The molecule has 1 rings (SSSR count). The molecule has 78 valence electrons. The minimum absolute atomic E-state index is 0.0617. The van der Waals surface area contributed by atoms with Crippen LogP contribution in [-0.4, -0.2) is 5.78 Å². The minimum atomic E-state index is -0.0617. The Balaban J connectivity index is 2.85. The van der Waals surface area contributed by atoms with Crippen LogP contribution in [0.1, 0.15) is 30.1 Å². The van der Waals surface area contributed by atoms with Crippen LogP contribution < -0.4 is 0 Å². The number of hydrogen-bond donors (Lipinski definition) is 0. The van der Waals surface area contributed by atoms with Crippen LogP contribution in [0.5, 0.6) is 0 Å². The van der Waals surface area contributed by atoms with E-state index in [1.807, 2.05) is 0 Å². The Bertz CT molecular complexity index is 407. The lowest BCUT2D eigenvalue weighted by Crippen LogP contribution is -2.00. The monoisotopic (exact) mass is 240 g/mol. The van der Waals surface area contributed by atoms with Crippen LogP contribution in [0, 0.1) is 11.8 Å². The SMILES string of the molecule is CC#CCCC(=O)c1c(Cl)cccc1Cl. The largest absolute Gasteiger partial charge is 0.294 e. The second-order valence-electron chi connectivity index (χ2n) is 2.95. The average Bonchev–Trinajstić information content (AvgIpc) is 2.18. The molecule has 0 aromatic heterocycles. The number of rotatable bonds is 3. The smallest absolute Gasteiger partial charge is 0.166 e. The molecule has 0 radical (unpaired) electrons. The third-order valence-electron chi connectivity index (χ3n) is 1.90. The number of carbonyl (C=O) groups is 1. The lowest BCUT2D eigenvalue weighted by atomic mass is 10.1. The van der Waals surface area contributed by atoms with Gasteiger partial charge < -0.3 is 0 Å². The van der Waals surface area contributed by atoms with Crippen molar-refractivity contribution in [3.63, 3.8) is 0 Å². The van der Waals surface area contributed by atoms with Crippen molar-refractivity contribution in [2.24, 2.45) is 0 Å². The predicted molar refractivity (Wildman–Crippen MR) is 63.5 cm³/mol. The second kappa shape index (κ2) is 5.80. The summed E-state index contributed by atoms with van der Waals surface area (Å²) < 4.78 is 0. The van der Waals surface area contributed by atoms with Crippen molar-refractivity contribution >= 4 is 29.0 Å². The number of carbonyl (C=O) groups excluding carboxylic acids is 1. The van der Waals surface area contributed by atoms with E-state index in [1.165, 1.54) is 0 Å². The summed E-state index contributed by atoms with van der Waals surface area (Å²) in [6, 6.07) is 5.03. The van der Waals surface area contributed by atoms with Gasteiger partial charge >= 0.3 is 0 Å². The Labute approximate surface area is 99.4 Å². The van der Waals surface area contributed by atoms with Crippen LogP contribution in [0.2, 0.25) is 10.0 Å². The van der Waals surface area contributed by atoms with E-state index in [9.17, 15) is 4.79 Å². The van der Waals surface area contributed by atoms with E-state index in [1.54, 1.807) is 25.1 Å². The summed E-state index contributed by atoms with van der Waals surface area (Å²) in [6.07, 6.45) is 0.890. The zero-order chi connectivity index (χ0) is 11.3. The van der Waals surface area contributed by atoms with E-state index in [-0.39, 0.29) is 5.78 Å². The molecular formula is C12H10Cl2O. The molecule has 1 nitrogen and oxygen atoms in total. The van der Waals surface area contributed by atoms with Gasteiger partial charge in [0.2, 0.25) is 0 Å². The van der Waals surface area contributed by atoms with Gasteiger partial charge in [0, 0.05) is 12.8 Å². The third-order valence-corrected chi connectivity index (χ3v) is 2.53. The molecule has 15 heavy (non-hydrogen) atoms. The fourth-order valence-corrected chi connectivity index (χ4v) is 1.80. The zero-order valence-electron chi connectivity index (χ0n) is 8.31. The Hall–Kier alpha value is -0.970. The fraction of sp³-hybridized carbons (Fsp3) is 0.250. The van der Waals surface area contributed by atoms with Gasteiger partial charge in [-0.15, -0.1) is 11.8 Å². The van der Waals surface area contributed by atoms with Gasteiger partial charge in [-0.2, -0.15) is 0 Å². The highest BCUT2D eigenvalue weighted by atomic mass is 35.5. The van der Waals surface area contributed by atoms with Gasteiger partial charge in [-0.1, -0.05) is 29.3 Å². The topological polar surface area (TPSA) is 17.1 Å². The summed E-state index contributed by atoms with van der Waals surface area (Å²) in [5.74, 6) is 5.50. The Morgan fingerprint density at radius 3 is 2.47 bits per heavy atom. The van der Waals surface area contributed by atoms with Crippen molar-refractivity contribution in [1.82, 2.24) is 0 Å². The normalized spacial score (nSPS) is 9.27. The number of benzene rings is 1. The predicted octanol–water partition coefficient (Wildman–Crippen LogP) is 3.98. The summed E-state index contributed by atoms with van der Waals surface area (Å²) in [4.78, 5) is 11.7. The van der Waals surface area contributed by atoms with Gasteiger partial charge in [-0.25, -0.2) is 0 Å². The fourth-order valence-electron chi connectivity index (χ4n) is 1.19. The van der Waals surface area contributed by atoms with Crippen LogP contribution >= 0.6 is 23.2 Å². The maximum atomic E-state index is 11.7. The molecule has 0 amide bonds. The number of halogens is 2. The summed E-state index contributed by atoms with van der Waals surface area (Å²) >= 11 is 11.8. The van der Waals surface area contributed by atoms with Crippen LogP contribution in [0.25, 0.3) is 0 Å². The highest BCUT2D eigenvalue weighted by molar-refractivity contribution is 6.39. The number of Topliss-reactive ketones (excluding diaryl/α,β-unsaturated/α-hetero) is 1. The Morgan fingerprint density at radius 2 is 1.93 bits per heavy atom. The zero-order valence-corrected chi connectivity index (χ0v) is 9.82. The molecular weight excluding hydrogens is 231 g/mol. The van der Waals surface area contributed by atoms with Crippen molar-refractivity contribution in [1.29, 1.82) is 0 Å². The molecule has 0 spiro atoms. The first-order chi connectivity index (χ1) is 7.16. The molecule has 0 atom stereocenters. The van der Waals surface area contributed by atoms with Gasteiger partial charge in [0.15, 0.2) is 5.78 Å². The summed E-state index contributed by atoms with van der Waals surface area (Å²) in [7, 11) is 0. The molecule has 0 aliphatic rings. The van der Waals surface area contributed by atoms with Crippen LogP contribution in [0.15, 0.2) is 18.2 Å². The van der Waals surface area contributed by atoms with Crippen molar-refractivity contribution < 1.29 is 4.79 Å². The first-order valence-corrected chi connectivity index (χ1v) is 5.29. The van der Waals surface area contributed by atoms with Gasteiger partial charge in [0.25, 0.3) is 0 Å². The molecule has 0 saturated heterocycles. The minimum Gasteiger partial charge on any atom is -0.294 e. The lowest BCUT2D eigenvalue weighted by Gasteiger charge is -2.03. The van der Waals surface area contributed by atoms with Gasteiger partial charge in [-0.05, 0) is 19.1 Å². The van der Waals surface area contributed by atoms with E-state index >= 15 is 0 Å². The molecule has 1 aromatic rings. The van der Waals surface area contributed by atoms with E-state index < -0.39 is 0 Å². The molecule has 0 heterocycles. The first kappa shape index (κ1) is 12.1. The maximum Gasteiger partial charge on any atom is 0.166 e. The van der Waals surface area contributed by atoms with E-state index in [4.69, 9.17) is 23.2 Å². The third kappa shape index (κ3) is 3.27.